The minimum Gasteiger partial charge on any atom is -0.304 e. The van der Waals surface area contributed by atoms with Crippen molar-refractivity contribution in [3.05, 3.63) is 0 Å². The highest BCUT2D eigenvalue weighted by molar-refractivity contribution is 5.84. The van der Waals surface area contributed by atoms with Gasteiger partial charge in [0, 0.05) is 6.54 Å². The van der Waals surface area contributed by atoms with Gasteiger partial charge in [0.2, 0.25) is 0 Å². The SMILES string of the molecule is O=C1C2C[C@H](CN2)N1O. The largest absolute Gasteiger partial charge is 0.304 e. The number of carbonyl (C=O) groups is 1. The van der Waals surface area contributed by atoms with E-state index >= 15 is 0 Å². The Labute approximate surface area is 52.4 Å². The predicted octanol–water partition coefficient (Wildman–Crippen LogP) is -1.05. The Kier molecular flexibility index (Phi) is 0.841. The van der Waals surface area contributed by atoms with E-state index in [1.54, 1.807) is 0 Å². The van der Waals surface area contributed by atoms with E-state index in [4.69, 9.17) is 5.21 Å². The minimum absolute atomic E-state index is 0.0440. The Balaban J connectivity index is 2.25. The van der Waals surface area contributed by atoms with Crippen molar-refractivity contribution in [1.82, 2.24) is 10.4 Å². The molecule has 2 heterocycles. The van der Waals surface area contributed by atoms with Crippen LogP contribution in [0, 0.1) is 0 Å². The van der Waals surface area contributed by atoms with Gasteiger partial charge < -0.3 is 5.32 Å². The zero-order chi connectivity index (χ0) is 6.43. The van der Waals surface area contributed by atoms with E-state index in [1.165, 1.54) is 0 Å². The van der Waals surface area contributed by atoms with Crippen molar-refractivity contribution < 1.29 is 10.0 Å². The lowest BCUT2D eigenvalue weighted by Gasteiger charge is -2.19. The van der Waals surface area contributed by atoms with Gasteiger partial charge in [-0.1, -0.05) is 0 Å². The summed E-state index contributed by atoms with van der Waals surface area (Å²) in [7, 11) is 0. The van der Waals surface area contributed by atoms with Crippen LogP contribution in [0.1, 0.15) is 6.42 Å². The summed E-state index contributed by atoms with van der Waals surface area (Å²) in [4.78, 5) is 10.8. The number of nitrogens with zero attached hydrogens (tertiary/aromatic N) is 1. The summed E-state index contributed by atoms with van der Waals surface area (Å²) in [6, 6.07) is -0.0532. The number of hydroxylamine groups is 2. The molecule has 1 amide bonds. The first-order chi connectivity index (χ1) is 4.29. The molecule has 0 spiro atoms. The van der Waals surface area contributed by atoms with Crippen molar-refractivity contribution in [2.75, 3.05) is 6.54 Å². The lowest BCUT2D eigenvalue weighted by atomic mass is 10.2. The van der Waals surface area contributed by atoms with Crippen LogP contribution in [-0.4, -0.2) is 34.8 Å². The third-order valence-corrected chi connectivity index (χ3v) is 1.98. The fraction of sp³-hybridized carbons (Fsp3) is 0.800. The molecule has 2 rings (SSSR count). The molecule has 2 fully saturated rings. The van der Waals surface area contributed by atoms with Gasteiger partial charge in [0.15, 0.2) is 0 Å². The molecule has 2 aliphatic rings. The molecule has 0 radical (unpaired) electrons. The second-order valence-electron chi connectivity index (χ2n) is 2.53. The fourth-order valence-electron chi connectivity index (χ4n) is 1.43. The third-order valence-electron chi connectivity index (χ3n) is 1.98. The number of carbonyl (C=O) groups excluding carboxylic acids is 1. The van der Waals surface area contributed by atoms with Crippen LogP contribution in [0.5, 0.6) is 0 Å². The van der Waals surface area contributed by atoms with E-state index in [2.05, 4.69) is 5.32 Å². The summed E-state index contributed by atoms with van der Waals surface area (Å²) >= 11 is 0. The zero-order valence-corrected chi connectivity index (χ0v) is 4.87. The average molecular weight is 128 g/mol. The van der Waals surface area contributed by atoms with Crippen LogP contribution in [0.15, 0.2) is 0 Å². The van der Waals surface area contributed by atoms with Gasteiger partial charge in [-0.2, -0.15) is 0 Å². The van der Waals surface area contributed by atoms with Gasteiger partial charge in [0.25, 0.3) is 5.91 Å². The molecule has 0 aromatic carbocycles. The van der Waals surface area contributed by atoms with E-state index in [1.807, 2.05) is 0 Å². The van der Waals surface area contributed by atoms with Crippen LogP contribution in [-0.2, 0) is 4.79 Å². The standard InChI is InChI=1S/C5H8N2O2/c8-5-4-1-3(2-6-4)7(5)9/h3-4,6,9H,1-2H2/t3-,4?/m1/s1. The third kappa shape index (κ3) is 0.516. The normalized spacial score (nSPS) is 40.6. The molecule has 50 valence electrons. The maximum absolute atomic E-state index is 10.8. The molecule has 2 atom stereocenters. The molecular formula is C5H8N2O2. The first kappa shape index (κ1) is 5.20. The van der Waals surface area contributed by atoms with Crippen LogP contribution in [0.4, 0.5) is 0 Å². The number of hydrogen-bond acceptors (Lipinski definition) is 3. The van der Waals surface area contributed by atoms with E-state index < -0.39 is 0 Å². The van der Waals surface area contributed by atoms with Gasteiger partial charge in [0.05, 0.1) is 12.1 Å². The van der Waals surface area contributed by atoms with E-state index in [0.29, 0.717) is 0 Å². The minimum atomic E-state index is -0.175. The average Bonchev–Trinajstić information content (AvgIpc) is 2.37. The number of rotatable bonds is 0. The van der Waals surface area contributed by atoms with Gasteiger partial charge in [0.1, 0.15) is 0 Å². The Morgan fingerprint density at radius 1 is 1.78 bits per heavy atom. The highest BCUT2D eigenvalue weighted by Crippen LogP contribution is 2.21. The highest BCUT2D eigenvalue weighted by atomic mass is 16.5. The zero-order valence-electron chi connectivity index (χ0n) is 4.87. The maximum atomic E-state index is 10.8. The van der Waals surface area contributed by atoms with Crippen LogP contribution in [0.2, 0.25) is 0 Å². The monoisotopic (exact) mass is 128 g/mol. The number of fused-ring (bicyclic) bond motifs is 2. The van der Waals surface area contributed by atoms with Crippen LogP contribution in [0.25, 0.3) is 0 Å². The van der Waals surface area contributed by atoms with Gasteiger partial charge in [-0.25, -0.2) is 5.06 Å². The van der Waals surface area contributed by atoms with E-state index in [-0.39, 0.29) is 18.0 Å². The van der Waals surface area contributed by atoms with Crippen molar-refractivity contribution in [2.24, 2.45) is 0 Å². The van der Waals surface area contributed by atoms with Gasteiger partial charge in [-0.15, -0.1) is 0 Å². The lowest BCUT2D eigenvalue weighted by molar-refractivity contribution is -0.169. The molecule has 0 saturated carbocycles. The van der Waals surface area contributed by atoms with Crippen LogP contribution >= 0.6 is 0 Å². The summed E-state index contributed by atoms with van der Waals surface area (Å²) in [6.07, 6.45) is 0.773. The van der Waals surface area contributed by atoms with Crippen molar-refractivity contribution in [2.45, 2.75) is 18.5 Å². The Morgan fingerprint density at radius 3 is 2.89 bits per heavy atom. The van der Waals surface area contributed by atoms with Crippen LogP contribution in [0.3, 0.4) is 0 Å². The quantitative estimate of drug-likeness (QED) is 0.409. The molecule has 2 aliphatic heterocycles. The molecule has 1 unspecified atom stereocenters. The van der Waals surface area contributed by atoms with Gasteiger partial charge in [-0.05, 0) is 6.42 Å². The summed E-state index contributed by atoms with van der Waals surface area (Å²) in [6.45, 7) is 0.743. The fourth-order valence-corrected chi connectivity index (χ4v) is 1.43. The van der Waals surface area contributed by atoms with Crippen molar-refractivity contribution in [3.63, 3.8) is 0 Å². The van der Waals surface area contributed by atoms with Gasteiger partial charge in [-0.3, -0.25) is 10.0 Å². The summed E-state index contributed by atoms with van der Waals surface area (Å²) in [5.41, 5.74) is 0. The first-order valence-corrected chi connectivity index (χ1v) is 3.04. The molecule has 2 bridgehead atoms. The molecule has 4 nitrogen and oxygen atoms in total. The Hall–Kier alpha value is -0.610. The maximum Gasteiger partial charge on any atom is 0.263 e. The Morgan fingerprint density at radius 2 is 2.56 bits per heavy atom. The van der Waals surface area contributed by atoms with Gasteiger partial charge >= 0.3 is 0 Å². The number of nitrogens with one attached hydrogen (secondary N) is 1. The van der Waals surface area contributed by atoms with Crippen molar-refractivity contribution in [1.29, 1.82) is 0 Å². The molecule has 0 aliphatic carbocycles. The lowest BCUT2D eigenvalue weighted by Crippen LogP contribution is -2.46. The summed E-state index contributed by atoms with van der Waals surface area (Å²) in [5, 5.41) is 12.8. The van der Waals surface area contributed by atoms with E-state index in [9.17, 15) is 4.79 Å². The topological polar surface area (TPSA) is 52.6 Å². The molecule has 9 heavy (non-hydrogen) atoms. The Bertz CT molecular complexity index is 155. The number of piperazine rings is 1. The molecule has 0 aromatic heterocycles. The first-order valence-electron chi connectivity index (χ1n) is 3.04. The second-order valence-corrected chi connectivity index (χ2v) is 2.53. The highest BCUT2D eigenvalue weighted by Gasteiger charge is 2.44. The molecule has 0 aromatic rings. The molecule has 4 heteroatoms. The molecular weight excluding hydrogens is 120 g/mol. The van der Waals surface area contributed by atoms with Crippen molar-refractivity contribution >= 4 is 5.91 Å². The summed E-state index contributed by atoms with van der Waals surface area (Å²) < 4.78 is 0. The predicted molar refractivity (Wildman–Crippen MR) is 28.8 cm³/mol. The van der Waals surface area contributed by atoms with Crippen LogP contribution < -0.4 is 5.32 Å². The number of hydrogen-bond donors (Lipinski definition) is 2. The second kappa shape index (κ2) is 1.46. The molecule has 2 N–H and O–H groups in total. The smallest absolute Gasteiger partial charge is 0.263 e. The van der Waals surface area contributed by atoms with E-state index in [0.717, 1.165) is 18.0 Å². The molecule has 2 saturated heterocycles. The van der Waals surface area contributed by atoms with Crippen molar-refractivity contribution in [3.8, 4) is 0 Å². The summed E-state index contributed by atoms with van der Waals surface area (Å²) in [5.74, 6) is -0.175. The number of amides is 1.